The Morgan fingerprint density at radius 2 is 1.31 bits per heavy atom. The lowest BCUT2D eigenvalue weighted by Gasteiger charge is -2.13. The smallest absolute Gasteiger partial charge is 0.116 e. The maximum Gasteiger partial charge on any atom is 0.116 e. The molecule has 0 saturated heterocycles. The van der Waals surface area contributed by atoms with E-state index in [0.717, 1.165) is 32.9 Å². The molecule has 5 aromatic carbocycles. The van der Waals surface area contributed by atoms with E-state index >= 15 is 0 Å². The zero-order valence-corrected chi connectivity index (χ0v) is 15.6. The molecule has 0 radical (unpaired) electrons. The van der Waals surface area contributed by atoms with E-state index in [-0.39, 0.29) is 5.75 Å². The van der Waals surface area contributed by atoms with Gasteiger partial charge in [0.15, 0.2) is 0 Å². The minimum atomic E-state index is 0.256. The van der Waals surface area contributed by atoms with Gasteiger partial charge in [0.25, 0.3) is 0 Å². The van der Waals surface area contributed by atoms with Crippen molar-refractivity contribution in [3.63, 3.8) is 0 Å². The van der Waals surface area contributed by atoms with E-state index in [2.05, 4.69) is 78.9 Å². The number of phenolic OH excluding ortho intramolecular Hbond substituents is 1. The molecule has 0 spiro atoms. The van der Waals surface area contributed by atoms with Crippen molar-refractivity contribution in [3.05, 3.63) is 97.1 Å². The quantitative estimate of drug-likeness (QED) is 0.314. The molecule has 1 heterocycles. The molecule has 6 rings (SSSR count). The van der Waals surface area contributed by atoms with Gasteiger partial charge in [-0.25, -0.2) is 4.98 Å². The summed E-state index contributed by atoms with van der Waals surface area (Å²) in [5.74, 6) is 0.256. The molecule has 1 N–H and O–H groups in total. The monoisotopic (exact) mass is 371 g/mol. The maximum atomic E-state index is 10.1. The Kier molecular flexibility index (Phi) is 3.35. The normalized spacial score (nSPS) is 11.6. The standard InChI is InChI=1S/C27H17NO/c29-21-12-14-25-24(16-21)26-22-8-4-3-6-18(22)11-13-23(26)27(28-25)20-10-9-17-5-1-2-7-19(17)15-20/h1-16,29H. The van der Waals surface area contributed by atoms with E-state index in [1.807, 2.05) is 12.1 Å². The Hall–Kier alpha value is -3.91. The molecule has 0 unspecified atom stereocenters. The fourth-order valence-corrected chi connectivity index (χ4v) is 4.32. The van der Waals surface area contributed by atoms with Crippen LogP contribution in [-0.4, -0.2) is 10.1 Å². The van der Waals surface area contributed by atoms with Crippen LogP contribution in [0.2, 0.25) is 0 Å². The van der Waals surface area contributed by atoms with Crippen molar-refractivity contribution in [1.29, 1.82) is 0 Å². The topological polar surface area (TPSA) is 33.1 Å². The molecule has 0 saturated carbocycles. The predicted molar refractivity (Wildman–Crippen MR) is 121 cm³/mol. The Bertz CT molecular complexity index is 1570. The van der Waals surface area contributed by atoms with Crippen LogP contribution in [0.1, 0.15) is 0 Å². The van der Waals surface area contributed by atoms with Crippen LogP contribution in [0.4, 0.5) is 0 Å². The molecular weight excluding hydrogens is 354 g/mol. The molecule has 136 valence electrons. The summed E-state index contributed by atoms with van der Waals surface area (Å²) in [5.41, 5.74) is 2.95. The predicted octanol–water partition coefficient (Wildman–Crippen LogP) is 7.07. The highest BCUT2D eigenvalue weighted by atomic mass is 16.3. The number of fused-ring (bicyclic) bond motifs is 6. The zero-order valence-electron chi connectivity index (χ0n) is 15.6. The van der Waals surface area contributed by atoms with E-state index in [4.69, 9.17) is 4.98 Å². The summed E-state index contributed by atoms with van der Waals surface area (Å²) >= 11 is 0. The largest absolute Gasteiger partial charge is 0.508 e. The molecule has 0 bridgehead atoms. The molecule has 0 aliphatic rings. The van der Waals surface area contributed by atoms with Gasteiger partial charge in [0.2, 0.25) is 0 Å². The van der Waals surface area contributed by atoms with Gasteiger partial charge in [-0.3, -0.25) is 0 Å². The molecular formula is C27H17NO. The average Bonchev–Trinajstić information content (AvgIpc) is 2.78. The Morgan fingerprint density at radius 1 is 0.552 bits per heavy atom. The van der Waals surface area contributed by atoms with Gasteiger partial charge in [0, 0.05) is 21.7 Å². The van der Waals surface area contributed by atoms with Crippen LogP contribution in [0.15, 0.2) is 97.1 Å². The first-order valence-electron chi connectivity index (χ1n) is 9.71. The fraction of sp³-hybridized carbons (Fsp3) is 0. The Morgan fingerprint density at radius 3 is 2.21 bits per heavy atom. The fourth-order valence-electron chi connectivity index (χ4n) is 4.32. The lowest BCUT2D eigenvalue weighted by atomic mass is 9.94. The summed E-state index contributed by atoms with van der Waals surface area (Å²) in [6.07, 6.45) is 0. The molecule has 0 fully saturated rings. The second kappa shape index (κ2) is 6.05. The third kappa shape index (κ3) is 2.46. The van der Waals surface area contributed by atoms with E-state index in [1.54, 1.807) is 6.07 Å². The number of aromatic hydroxyl groups is 1. The van der Waals surface area contributed by atoms with Gasteiger partial charge in [0.1, 0.15) is 5.75 Å². The highest BCUT2D eigenvalue weighted by molar-refractivity contribution is 6.22. The van der Waals surface area contributed by atoms with Crippen LogP contribution >= 0.6 is 0 Å². The molecule has 6 aromatic rings. The highest BCUT2D eigenvalue weighted by Crippen LogP contribution is 2.38. The number of pyridine rings is 1. The third-order valence-corrected chi connectivity index (χ3v) is 5.69. The molecule has 1 aromatic heterocycles. The number of aromatic nitrogens is 1. The lowest BCUT2D eigenvalue weighted by molar-refractivity contribution is 0.476. The lowest BCUT2D eigenvalue weighted by Crippen LogP contribution is -1.91. The van der Waals surface area contributed by atoms with E-state index < -0.39 is 0 Å². The van der Waals surface area contributed by atoms with Crippen LogP contribution in [0.25, 0.3) is 54.5 Å². The number of rotatable bonds is 1. The van der Waals surface area contributed by atoms with Gasteiger partial charge in [0.05, 0.1) is 11.2 Å². The van der Waals surface area contributed by atoms with Crippen LogP contribution in [0.3, 0.4) is 0 Å². The second-order valence-electron chi connectivity index (χ2n) is 7.43. The van der Waals surface area contributed by atoms with Crippen molar-refractivity contribution in [3.8, 4) is 17.0 Å². The Balaban J connectivity index is 1.80. The number of benzene rings is 5. The minimum absolute atomic E-state index is 0.256. The van der Waals surface area contributed by atoms with Crippen molar-refractivity contribution in [2.24, 2.45) is 0 Å². The molecule has 0 aliphatic heterocycles. The maximum absolute atomic E-state index is 10.1. The van der Waals surface area contributed by atoms with Crippen molar-refractivity contribution in [2.45, 2.75) is 0 Å². The van der Waals surface area contributed by atoms with Crippen molar-refractivity contribution < 1.29 is 5.11 Å². The van der Waals surface area contributed by atoms with Gasteiger partial charge in [-0.15, -0.1) is 0 Å². The SMILES string of the molecule is Oc1ccc2nc(-c3ccc4ccccc4c3)c3ccc4ccccc4c3c2c1. The second-order valence-corrected chi connectivity index (χ2v) is 7.43. The molecule has 2 nitrogen and oxygen atoms in total. The number of hydrogen-bond donors (Lipinski definition) is 1. The summed E-state index contributed by atoms with van der Waals surface area (Å²) in [6.45, 7) is 0. The van der Waals surface area contributed by atoms with Crippen LogP contribution < -0.4 is 0 Å². The van der Waals surface area contributed by atoms with Crippen LogP contribution in [-0.2, 0) is 0 Å². The van der Waals surface area contributed by atoms with Crippen molar-refractivity contribution in [1.82, 2.24) is 4.98 Å². The van der Waals surface area contributed by atoms with Gasteiger partial charge >= 0.3 is 0 Å². The molecule has 0 aliphatic carbocycles. The van der Waals surface area contributed by atoms with Gasteiger partial charge in [-0.1, -0.05) is 72.8 Å². The Labute approximate surface area is 167 Å². The molecule has 29 heavy (non-hydrogen) atoms. The zero-order chi connectivity index (χ0) is 19.4. The first-order chi connectivity index (χ1) is 14.3. The van der Waals surface area contributed by atoms with E-state index in [9.17, 15) is 5.11 Å². The van der Waals surface area contributed by atoms with E-state index in [1.165, 1.54) is 21.5 Å². The first-order valence-corrected chi connectivity index (χ1v) is 9.71. The highest BCUT2D eigenvalue weighted by Gasteiger charge is 2.14. The summed E-state index contributed by atoms with van der Waals surface area (Å²) in [7, 11) is 0. The number of phenols is 1. The van der Waals surface area contributed by atoms with Gasteiger partial charge < -0.3 is 5.11 Å². The van der Waals surface area contributed by atoms with Crippen LogP contribution in [0.5, 0.6) is 5.75 Å². The average molecular weight is 371 g/mol. The summed E-state index contributed by atoms with van der Waals surface area (Å²) in [4.78, 5) is 5.02. The number of nitrogens with zero attached hydrogens (tertiary/aromatic N) is 1. The van der Waals surface area contributed by atoms with Crippen molar-refractivity contribution in [2.75, 3.05) is 0 Å². The number of hydrogen-bond acceptors (Lipinski definition) is 2. The minimum Gasteiger partial charge on any atom is -0.508 e. The molecule has 0 atom stereocenters. The van der Waals surface area contributed by atoms with E-state index in [0.29, 0.717) is 0 Å². The third-order valence-electron chi connectivity index (χ3n) is 5.69. The van der Waals surface area contributed by atoms with Gasteiger partial charge in [-0.2, -0.15) is 0 Å². The summed E-state index contributed by atoms with van der Waals surface area (Å²) in [5, 5.41) is 18.1. The molecule has 2 heteroatoms. The molecule has 0 amide bonds. The van der Waals surface area contributed by atoms with Crippen LogP contribution in [0, 0.1) is 0 Å². The first kappa shape index (κ1) is 16.1. The van der Waals surface area contributed by atoms with Crippen molar-refractivity contribution >= 4 is 43.2 Å². The van der Waals surface area contributed by atoms with Gasteiger partial charge in [-0.05, 0) is 45.8 Å². The summed E-state index contributed by atoms with van der Waals surface area (Å²) in [6, 6.07) is 33.0. The summed E-state index contributed by atoms with van der Waals surface area (Å²) < 4.78 is 0.